The zero-order valence-corrected chi connectivity index (χ0v) is 22.3. The molecule has 29 heavy (non-hydrogen) atoms. The molecule has 0 fully saturated rings. The van der Waals surface area contributed by atoms with Crippen molar-refractivity contribution in [2.45, 2.75) is 32.7 Å². The summed E-state index contributed by atoms with van der Waals surface area (Å²) in [4.78, 5) is 0. The first kappa shape index (κ1) is 26.2. The SMILES string of the molecule is CC(C)(C)C1=CC(c2cc3ccccc3[cH-]2)C=C1.[Cl-].[Cl-].[Zr+2]=[SiH]Cc1ccccc1. The molecule has 4 rings (SSSR count). The fourth-order valence-corrected chi connectivity index (χ4v) is 5.56. The average Bonchev–Trinajstić information content (AvgIpc) is 3.30. The predicted molar refractivity (Wildman–Crippen MR) is 116 cm³/mol. The van der Waals surface area contributed by atoms with E-state index in [4.69, 9.17) is 0 Å². The monoisotopic (exact) mass is 515 g/mol. The number of allylic oxidation sites excluding steroid dienone is 4. The van der Waals surface area contributed by atoms with Crippen molar-refractivity contribution < 1.29 is 48.1 Å². The molecule has 0 amide bonds. The molecule has 0 saturated heterocycles. The number of hydrogen-bond acceptors (Lipinski definition) is 0. The van der Waals surface area contributed by atoms with Crippen molar-refractivity contribution in [1.29, 1.82) is 0 Å². The first-order chi connectivity index (χ1) is 13.0. The van der Waals surface area contributed by atoms with Gasteiger partial charge >= 0.3 is 71.4 Å². The van der Waals surface area contributed by atoms with Crippen molar-refractivity contribution >= 4 is 16.9 Å². The summed E-state index contributed by atoms with van der Waals surface area (Å²) in [5.74, 6) is 0.451. The van der Waals surface area contributed by atoms with Crippen LogP contribution in [0.1, 0.15) is 37.8 Å². The summed E-state index contributed by atoms with van der Waals surface area (Å²) in [7, 11) is 0. The van der Waals surface area contributed by atoms with Crippen molar-refractivity contribution in [1.82, 2.24) is 0 Å². The maximum atomic E-state index is 2.40. The molecule has 1 unspecified atom stereocenters. The Morgan fingerprint density at radius 2 is 1.62 bits per heavy atom. The van der Waals surface area contributed by atoms with Gasteiger partial charge in [-0.2, -0.15) is 6.07 Å². The third-order valence-electron chi connectivity index (χ3n) is 4.91. The van der Waals surface area contributed by atoms with E-state index < -0.39 is 0 Å². The third kappa shape index (κ3) is 7.44. The van der Waals surface area contributed by atoms with Gasteiger partial charge in [0.2, 0.25) is 0 Å². The molecular weight excluding hydrogens is 490 g/mol. The standard InChI is InChI=1S/C18H19.C7H8Si.2ClH.Zr/c1-18(2,3)17-9-8-15(12-17)16-10-13-6-4-5-7-14(13)11-16;8-6-7-4-2-1-3-5-7;;;/h4-12,15H,1-3H3;1-5,8H,6H2;2*1H;/q-1;;;;+2/p-2. The van der Waals surface area contributed by atoms with E-state index in [1.807, 2.05) is 0 Å². The van der Waals surface area contributed by atoms with E-state index in [1.54, 1.807) is 23.3 Å². The quantitative estimate of drug-likeness (QED) is 0.346. The summed E-state index contributed by atoms with van der Waals surface area (Å²) in [6.07, 6.45) is 7.71. The van der Waals surface area contributed by atoms with E-state index in [0.29, 0.717) is 12.1 Å². The summed E-state index contributed by atoms with van der Waals surface area (Å²) in [6, 6.07) is 25.2. The Bertz CT molecular complexity index is 932. The average molecular weight is 518 g/mol. The minimum absolute atomic E-state index is 0. The van der Waals surface area contributed by atoms with Gasteiger partial charge in [0.05, 0.1) is 0 Å². The van der Waals surface area contributed by atoms with Gasteiger partial charge in [-0.1, -0.05) is 45.1 Å². The number of fused-ring (bicyclic) bond motifs is 1. The molecule has 0 aromatic heterocycles. The Morgan fingerprint density at radius 3 is 2.21 bits per heavy atom. The molecule has 0 spiro atoms. The van der Waals surface area contributed by atoms with Crippen LogP contribution in [0.2, 0.25) is 0 Å². The van der Waals surface area contributed by atoms with Gasteiger partial charge in [0.25, 0.3) is 0 Å². The van der Waals surface area contributed by atoms with Crippen molar-refractivity contribution in [3.05, 3.63) is 102 Å². The summed E-state index contributed by atoms with van der Waals surface area (Å²) in [5, 5.41) is 2.69. The topological polar surface area (TPSA) is 0 Å². The predicted octanol–water partition coefficient (Wildman–Crippen LogP) is 0.278. The van der Waals surface area contributed by atoms with Crippen LogP contribution >= 0.6 is 0 Å². The molecule has 3 aromatic carbocycles. The molecular formula is C25H27Cl2SiZr-. The van der Waals surface area contributed by atoms with Crippen LogP contribution in [0.5, 0.6) is 0 Å². The molecule has 1 atom stereocenters. The Balaban J connectivity index is 0.000000329. The van der Waals surface area contributed by atoms with Crippen LogP contribution in [0, 0.1) is 5.41 Å². The fourth-order valence-electron chi connectivity index (χ4n) is 3.32. The van der Waals surface area contributed by atoms with Crippen LogP contribution < -0.4 is 24.8 Å². The molecule has 150 valence electrons. The molecule has 1 aliphatic rings. The molecule has 0 radical (unpaired) electrons. The van der Waals surface area contributed by atoms with E-state index in [0.717, 1.165) is 0 Å². The van der Waals surface area contributed by atoms with Gasteiger partial charge in [-0.25, -0.2) is 0 Å². The Hall–Kier alpha value is -0.790. The molecule has 0 saturated carbocycles. The first-order valence-electron chi connectivity index (χ1n) is 9.56. The zero-order chi connectivity index (χ0) is 19.3. The number of hydrogen-bond donors (Lipinski definition) is 0. The van der Waals surface area contributed by atoms with Crippen LogP contribution in [-0.4, -0.2) is 6.16 Å². The van der Waals surface area contributed by atoms with Crippen molar-refractivity contribution in [2.75, 3.05) is 0 Å². The molecule has 0 nitrogen and oxygen atoms in total. The molecule has 0 aliphatic heterocycles. The molecule has 1 aliphatic carbocycles. The molecule has 0 N–H and O–H groups in total. The first-order valence-corrected chi connectivity index (χ1v) is 15.2. The molecule has 0 bridgehead atoms. The Kier molecular flexibility index (Phi) is 11.0. The fraction of sp³-hybridized carbons (Fsp3) is 0.240. The number of benzene rings is 2. The van der Waals surface area contributed by atoms with Gasteiger partial charge < -0.3 is 24.8 Å². The van der Waals surface area contributed by atoms with Crippen LogP contribution in [0.3, 0.4) is 0 Å². The summed E-state index contributed by atoms with van der Waals surface area (Å²) in [5.41, 5.74) is 4.60. The van der Waals surface area contributed by atoms with Crippen molar-refractivity contribution in [3.8, 4) is 0 Å². The minimum atomic E-state index is 0. The van der Waals surface area contributed by atoms with E-state index in [9.17, 15) is 0 Å². The summed E-state index contributed by atoms with van der Waals surface area (Å²) < 4.78 is 0. The third-order valence-corrected chi connectivity index (χ3v) is 7.09. The molecule has 4 heteroatoms. The van der Waals surface area contributed by atoms with Gasteiger partial charge in [-0.15, -0.1) is 40.6 Å². The van der Waals surface area contributed by atoms with Gasteiger partial charge in [-0.05, 0) is 11.0 Å². The second kappa shape index (κ2) is 12.2. The van der Waals surface area contributed by atoms with Crippen LogP contribution in [-0.2, 0) is 29.4 Å². The van der Waals surface area contributed by atoms with Crippen LogP contribution in [0.25, 0.3) is 10.8 Å². The normalized spacial score (nSPS) is 14.9. The van der Waals surface area contributed by atoms with E-state index in [1.165, 1.54) is 33.5 Å². The number of rotatable bonds is 3. The second-order valence-electron chi connectivity index (χ2n) is 8.07. The van der Waals surface area contributed by atoms with Crippen molar-refractivity contribution in [2.24, 2.45) is 5.41 Å². The van der Waals surface area contributed by atoms with Gasteiger partial charge in [-0.3, -0.25) is 0 Å². The van der Waals surface area contributed by atoms with Crippen LogP contribution in [0.4, 0.5) is 0 Å². The zero-order valence-electron chi connectivity index (χ0n) is 17.2. The summed E-state index contributed by atoms with van der Waals surface area (Å²) in [6.45, 7) is 6.81. The van der Waals surface area contributed by atoms with Crippen LogP contribution in [0.15, 0.2) is 90.5 Å². The van der Waals surface area contributed by atoms with Crippen molar-refractivity contribution in [3.63, 3.8) is 0 Å². The summed E-state index contributed by atoms with van der Waals surface area (Å²) >= 11 is 1.72. The van der Waals surface area contributed by atoms with Gasteiger partial charge in [0.1, 0.15) is 0 Å². The van der Waals surface area contributed by atoms with Gasteiger partial charge in [0, 0.05) is 5.92 Å². The van der Waals surface area contributed by atoms with E-state index in [2.05, 4.69) is 106 Å². The molecule has 3 aromatic rings. The molecule has 0 heterocycles. The Labute approximate surface area is 203 Å². The Morgan fingerprint density at radius 1 is 0.966 bits per heavy atom. The second-order valence-corrected chi connectivity index (χ2v) is 11.9. The van der Waals surface area contributed by atoms with E-state index in [-0.39, 0.29) is 30.2 Å². The van der Waals surface area contributed by atoms with E-state index >= 15 is 0 Å². The number of halogens is 2. The van der Waals surface area contributed by atoms with Gasteiger partial charge in [0.15, 0.2) is 0 Å². The maximum absolute atomic E-state index is 2.40.